The van der Waals surface area contributed by atoms with Gasteiger partial charge in [0.15, 0.2) is 0 Å². The SMILES string of the molecule is COCCN(CCCCCNC(=O)N[C@@H](CO)[C@@H](O)[C@H](O)[C@H](O)CO)S(=O)(=O)c1ccc(Cl)c(COC2(c3cnccc3-c3ccccc3OC3CC3)CC2)c1. The highest BCUT2D eigenvalue weighted by Gasteiger charge is 2.48. The summed E-state index contributed by atoms with van der Waals surface area (Å²) in [5.74, 6) is 0.821. The molecule has 3 aromatic rings. The molecule has 56 heavy (non-hydrogen) atoms. The fourth-order valence-electron chi connectivity index (χ4n) is 6.31. The molecule has 15 nitrogen and oxygen atoms in total. The van der Waals surface area contributed by atoms with Crippen LogP contribution in [-0.2, 0) is 31.7 Å². The summed E-state index contributed by atoms with van der Waals surface area (Å²) < 4.78 is 47.3. The summed E-state index contributed by atoms with van der Waals surface area (Å²) in [5, 5.41) is 53.3. The second-order valence-electron chi connectivity index (χ2n) is 14.1. The summed E-state index contributed by atoms with van der Waals surface area (Å²) in [6, 6.07) is 12.5. The quantitative estimate of drug-likeness (QED) is 0.0649. The van der Waals surface area contributed by atoms with E-state index in [2.05, 4.69) is 15.6 Å². The number of amides is 2. The maximum atomic E-state index is 14.0. The van der Waals surface area contributed by atoms with Gasteiger partial charge < -0.3 is 50.4 Å². The van der Waals surface area contributed by atoms with Gasteiger partial charge in [0, 0.05) is 55.3 Å². The van der Waals surface area contributed by atoms with Gasteiger partial charge in [0.25, 0.3) is 0 Å². The van der Waals surface area contributed by atoms with Gasteiger partial charge in [0.05, 0.1) is 49.1 Å². The average Bonchev–Trinajstić information content (AvgIpc) is 4.16. The molecular weight excluding hydrogens is 768 g/mol. The van der Waals surface area contributed by atoms with Crippen molar-refractivity contribution in [3.05, 3.63) is 77.1 Å². The number of nitrogens with one attached hydrogen (secondary N) is 2. The minimum Gasteiger partial charge on any atom is -0.490 e. The Hall–Kier alpha value is -3.42. The number of carbonyl (C=O) groups is 1. The predicted octanol–water partition coefficient (Wildman–Crippen LogP) is 2.69. The molecule has 1 heterocycles. The number of hydrogen-bond donors (Lipinski definition) is 7. The van der Waals surface area contributed by atoms with Gasteiger partial charge in [0.1, 0.15) is 24.1 Å². The van der Waals surface area contributed by atoms with Crippen LogP contribution in [0.2, 0.25) is 5.02 Å². The number of aliphatic hydroxyl groups is 5. The minimum absolute atomic E-state index is 0.0743. The molecule has 7 N–H and O–H groups in total. The van der Waals surface area contributed by atoms with Crippen molar-refractivity contribution in [1.29, 1.82) is 0 Å². The molecule has 0 unspecified atom stereocenters. The predicted molar refractivity (Wildman–Crippen MR) is 207 cm³/mol. The topological polar surface area (TPSA) is 220 Å². The van der Waals surface area contributed by atoms with Crippen LogP contribution in [0.3, 0.4) is 0 Å². The number of urea groups is 1. The third kappa shape index (κ3) is 11.4. The van der Waals surface area contributed by atoms with Crippen LogP contribution >= 0.6 is 11.6 Å². The smallest absolute Gasteiger partial charge is 0.315 e. The summed E-state index contributed by atoms with van der Waals surface area (Å²) >= 11 is 6.62. The fraction of sp³-hybridized carbons (Fsp3) is 0.538. The summed E-state index contributed by atoms with van der Waals surface area (Å²) in [5.41, 5.74) is 2.82. The Morgan fingerprint density at radius 2 is 1.77 bits per heavy atom. The molecule has 0 bridgehead atoms. The van der Waals surface area contributed by atoms with Crippen LogP contribution in [0.4, 0.5) is 4.79 Å². The third-order valence-electron chi connectivity index (χ3n) is 9.94. The number of para-hydroxylation sites is 1. The summed E-state index contributed by atoms with van der Waals surface area (Å²) in [6.07, 6.45) is 3.80. The zero-order chi connectivity index (χ0) is 40.3. The van der Waals surface area contributed by atoms with Gasteiger partial charge in [-0.1, -0.05) is 36.2 Å². The van der Waals surface area contributed by atoms with E-state index in [-0.39, 0.29) is 43.8 Å². The molecule has 2 aliphatic rings. The number of ether oxygens (including phenoxy) is 3. The first-order valence-corrected chi connectivity index (χ1v) is 20.7. The number of nitrogens with zero attached hydrogens (tertiary/aromatic N) is 2. The van der Waals surface area contributed by atoms with Gasteiger partial charge in [-0.15, -0.1) is 0 Å². The first-order chi connectivity index (χ1) is 26.9. The number of unbranched alkanes of at least 4 members (excludes halogenated alkanes) is 2. The van der Waals surface area contributed by atoms with Crippen LogP contribution in [0.5, 0.6) is 5.75 Å². The molecule has 1 aromatic heterocycles. The van der Waals surface area contributed by atoms with Crippen molar-refractivity contribution < 1.29 is 53.0 Å². The van der Waals surface area contributed by atoms with Crippen LogP contribution in [0, 0.1) is 0 Å². The molecule has 17 heteroatoms. The monoisotopic (exact) mass is 820 g/mol. The lowest BCUT2D eigenvalue weighted by atomic mass is 9.96. The molecule has 2 saturated carbocycles. The fourth-order valence-corrected chi connectivity index (χ4v) is 8.00. The van der Waals surface area contributed by atoms with Gasteiger partial charge in [-0.3, -0.25) is 4.98 Å². The van der Waals surface area contributed by atoms with E-state index in [0.717, 1.165) is 48.1 Å². The van der Waals surface area contributed by atoms with E-state index in [4.69, 9.17) is 30.9 Å². The molecule has 0 saturated heterocycles. The number of methoxy groups -OCH3 is 1. The van der Waals surface area contributed by atoms with E-state index in [1.807, 2.05) is 36.5 Å². The lowest BCUT2D eigenvalue weighted by Gasteiger charge is -2.28. The van der Waals surface area contributed by atoms with Crippen molar-refractivity contribution in [2.24, 2.45) is 0 Å². The van der Waals surface area contributed by atoms with E-state index in [0.29, 0.717) is 29.8 Å². The first kappa shape index (κ1) is 43.7. The van der Waals surface area contributed by atoms with Gasteiger partial charge >= 0.3 is 6.03 Å². The normalized spacial score (nSPS) is 17.2. The zero-order valence-electron chi connectivity index (χ0n) is 31.4. The number of benzene rings is 2. The molecule has 0 aliphatic heterocycles. The second-order valence-corrected chi connectivity index (χ2v) is 16.5. The first-order valence-electron chi connectivity index (χ1n) is 18.9. The number of halogens is 1. The van der Waals surface area contributed by atoms with Crippen molar-refractivity contribution in [2.75, 3.05) is 46.6 Å². The lowest BCUT2D eigenvalue weighted by Crippen LogP contribution is -2.56. The van der Waals surface area contributed by atoms with Crippen LogP contribution < -0.4 is 15.4 Å². The molecule has 2 fully saturated rings. The Labute approximate surface area is 332 Å². The van der Waals surface area contributed by atoms with Crippen molar-refractivity contribution in [2.45, 2.75) is 92.5 Å². The second kappa shape index (κ2) is 20.3. The third-order valence-corrected chi connectivity index (χ3v) is 12.2. The Kier molecular flexibility index (Phi) is 15.9. The summed E-state index contributed by atoms with van der Waals surface area (Å²) in [4.78, 5) is 16.8. The molecule has 4 atom stereocenters. The Morgan fingerprint density at radius 1 is 1.00 bits per heavy atom. The van der Waals surface area contributed by atoms with Gasteiger partial charge in [0.2, 0.25) is 10.0 Å². The number of carbonyl (C=O) groups excluding carboxylic acids is 1. The maximum absolute atomic E-state index is 14.0. The summed E-state index contributed by atoms with van der Waals surface area (Å²) in [7, 11) is -2.47. The molecule has 2 amide bonds. The molecule has 308 valence electrons. The van der Waals surface area contributed by atoms with Crippen molar-refractivity contribution in [1.82, 2.24) is 19.9 Å². The average molecular weight is 821 g/mol. The molecule has 0 spiro atoms. The minimum atomic E-state index is -3.97. The zero-order valence-corrected chi connectivity index (χ0v) is 33.0. The highest BCUT2D eigenvalue weighted by molar-refractivity contribution is 7.89. The van der Waals surface area contributed by atoms with Crippen LogP contribution in [0.1, 0.15) is 56.1 Å². The highest BCUT2D eigenvalue weighted by atomic mass is 35.5. The molecule has 2 aliphatic carbocycles. The number of rotatable bonds is 24. The van der Waals surface area contributed by atoms with Crippen molar-refractivity contribution in [3.8, 4) is 16.9 Å². The van der Waals surface area contributed by atoms with Gasteiger partial charge in [-0.05, 0) is 80.0 Å². The van der Waals surface area contributed by atoms with Gasteiger partial charge in [-0.25, -0.2) is 13.2 Å². The molecular formula is C39H53ClN4O11S. The number of pyridine rings is 1. The Balaban J connectivity index is 1.17. The van der Waals surface area contributed by atoms with E-state index in [9.17, 15) is 33.6 Å². The largest absolute Gasteiger partial charge is 0.490 e. The molecule has 5 rings (SSSR count). The number of hydrogen-bond acceptors (Lipinski definition) is 12. The Morgan fingerprint density at radius 3 is 2.46 bits per heavy atom. The number of aromatic nitrogens is 1. The van der Waals surface area contributed by atoms with Crippen LogP contribution in [0.25, 0.3) is 11.1 Å². The Bertz CT molecular complexity index is 1850. The molecule has 0 radical (unpaired) electrons. The van der Waals surface area contributed by atoms with Crippen LogP contribution in [-0.4, -0.2) is 126 Å². The van der Waals surface area contributed by atoms with E-state index in [1.54, 1.807) is 18.3 Å². The van der Waals surface area contributed by atoms with Crippen molar-refractivity contribution >= 4 is 27.7 Å². The van der Waals surface area contributed by atoms with Crippen molar-refractivity contribution in [3.63, 3.8) is 0 Å². The lowest BCUT2D eigenvalue weighted by molar-refractivity contribution is -0.0902. The number of aliphatic hydroxyl groups excluding tert-OH is 5. The van der Waals surface area contributed by atoms with E-state index < -0.39 is 59.2 Å². The van der Waals surface area contributed by atoms with Gasteiger partial charge in [-0.2, -0.15) is 4.31 Å². The molecule has 2 aromatic carbocycles. The van der Waals surface area contributed by atoms with E-state index >= 15 is 0 Å². The summed E-state index contributed by atoms with van der Waals surface area (Å²) in [6.45, 7) is -0.767. The van der Waals surface area contributed by atoms with E-state index in [1.165, 1.54) is 17.5 Å². The highest BCUT2D eigenvalue weighted by Crippen LogP contribution is 2.53. The number of sulfonamides is 1. The standard InChI is InChI=1S/C39H53ClN4O11S/c1-53-20-19-44(18-6-2-5-16-42-38(50)43-33(23-45)36(48)37(49)34(47)24-46)56(51,52)28-11-12-32(40)26(21-28)25-54-39(14-15-39)31-22-41-17-13-29(31)30-7-3-4-8-35(30)55-27-9-10-27/h3-4,7-8,11-13,17,21-22,27,33-34,36-37,45-49H,2,5-6,9-10,14-16,18-20,23-25H2,1H3,(H2,42,43,50)/t33-,34+,36+,37+/m0/s1. The van der Waals surface area contributed by atoms with Crippen LogP contribution in [0.15, 0.2) is 65.8 Å². The maximum Gasteiger partial charge on any atom is 0.315 e.